The fourth-order valence-corrected chi connectivity index (χ4v) is 2.28. The molecule has 136 valence electrons. The minimum atomic E-state index is -4.43. The van der Waals surface area contributed by atoms with Crippen molar-refractivity contribution in [2.75, 3.05) is 6.79 Å². The van der Waals surface area contributed by atoms with E-state index in [1.54, 1.807) is 6.07 Å². The third-order valence-corrected chi connectivity index (χ3v) is 3.60. The average Bonchev–Trinajstić information content (AvgIpc) is 3.07. The van der Waals surface area contributed by atoms with Gasteiger partial charge in [0.15, 0.2) is 11.5 Å². The van der Waals surface area contributed by atoms with Gasteiger partial charge in [-0.1, -0.05) is 12.1 Å². The maximum Gasteiger partial charge on any atom is 0.416 e. The lowest BCUT2D eigenvalue weighted by Crippen LogP contribution is -2.42. The number of halogens is 3. The van der Waals surface area contributed by atoms with Gasteiger partial charge in [-0.2, -0.15) is 13.2 Å². The van der Waals surface area contributed by atoms with E-state index in [1.165, 1.54) is 24.3 Å². The van der Waals surface area contributed by atoms with Crippen LogP contribution < -0.4 is 20.3 Å². The quantitative estimate of drug-likeness (QED) is 0.818. The van der Waals surface area contributed by atoms with Crippen molar-refractivity contribution in [3.8, 4) is 11.5 Å². The topological polar surface area (TPSA) is 76.7 Å². The first kappa shape index (κ1) is 17.6. The molecular formula is C17H13F3N2O4. The van der Waals surface area contributed by atoms with Crippen LogP contribution in [0.15, 0.2) is 42.5 Å². The number of amides is 2. The Labute approximate surface area is 145 Å². The number of fused-ring (bicyclic) bond motifs is 1. The molecule has 3 rings (SSSR count). The summed E-state index contributed by atoms with van der Waals surface area (Å²) < 4.78 is 47.8. The molecule has 6 nitrogen and oxygen atoms in total. The van der Waals surface area contributed by atoms with E-state index in [0.717, 1.165) is 12.1 Å². The van der Waals surface area contributed by atoms with Crippen molar-refractivity contribution in [2.24, 2.45) is 0 Å². The fraction of sp³-hybridized carbons (Fsp3) is 0.176. The summed E-state index contributed by atoms with van der Waals surface area (Å²) in [6.45, 7) is 0.0737. The second-order valence-electron chi connectivity index (χ2n) is 5.44. The molecule has 0 spiro atoms. The number of hydrazine groups is 1. The highest BCUT2D eigenvalue weighted by atomic mass is 19.4. The van der Waals surface area contributed by atoms with Gasteiger partial charge in [0.05, 0.1) is 12.0 Å². The van der Waals surface area contributed by atoms with Crippen LogP contribution in [0, 0.1) is 0 Å². The number of carbonyl (C=O) groups excluding carboxylic acids is 2. The lowest BCUT2D eigenvalue weighted by molar-refractivity contribution is -0.137. The molecule has 1 aliphatic rings. The van der Waals surface area contributed by atoms with Gasteiger partial charge < -0.3 is 9.47 Å². The Hall–Kier alpha value is -3.23. The first-order valence-corrected chi connectivity index (χ1v) is 7.48. The van der Waals surface area contributed by atoms with Crippen LogP contribution in [0.2, 0.25) is 0 Å². The van der Waals surface area contributed by atoms with Crippen LogP contribution in [0.1, 0.15) is 21.5 Å². The number of rotatable bonds is 3. The number of hydrogen-bond acceptors (Lipinski definition) is 4. The van der Waals surface area contributed by atoms with Crippen molar-refractivity contribution in [3.05, 3.63) is 59.2 Å². The molecular weight excluding hydrogens is 353 g/mol. The zero-order valence-corrected chi connectivity index (χ0v) is 13.2. The molecule has 2 N–H and O–H groups in total. The van der Waals surface area contributed by atoms with Crippen molar-refractivity contribution >= 4 is 11.8 Å². The molecule has 0 atom stereocenters. The normalized spacial score (nSPS) is 12.6. The van der Waals surface area contributed by atoms with Crippen LogP contribution in [-0.4, -0.2) is 18.6 Å². The molecule has 26 heavy (non-hydrogen) atoms. The lowest BCUT2D eigenvalue weighted by Gasteiger charge is -2.09. The fourth-order valence-electron chi connectivity index (χ4n) is 2.28. The Balaban J connectivity index is 1.53. The predicted molar refractivity (Wildman–Crippen MR) is 83.3 cm³/mol. The number of benzene rings is 2. The molecule has 2 aromatic carbocycles. The van der Waals surface area contributed by atoms with Gasteiger partial charge in [0, 0.05) is 5.56 Å². The second kappa shape index (κ2) is 6.95. The van der Waals surface area contributed by atoms with E-state index in [9.17, 15) is 22.8 Å². The summed E-state index contributed by atoms with van der Waals surface area (Å²) in [5, 5.41) is 0. The zero-order valence-electron chi connectivity index (χ0n) is 13.2. The minimum Gasteiger partial charge on any atom is -0.454 e. The predicted octanol–water partition coefficient (Wildman–Crippen LogP) is 2.44. The number of hydrogen-bond donors (Lipinski definition) is 2. The number of nitrogens with one attached hydrogen (secondary N) is 2. The molecule has 0 radical (unpaired) electrons. The summed E-state index contributed by atoms with van der Waals surface area (Å²) in [7, 11) is 0. The number of alkyl halides is 3. The maximum atomic E-state index is 12.5. The van der Waals surface area contributed by atoms with Crippen molar-refractivity contribution in [3.63, 3.8) is 0 Å². The van der Waals surface area contributed by atoms with Gasteiger partial charge in [-0.15, -0.1) is 0 Å². The zero-order chi connectivity index (χ0) is 18.7. The smallest absolute Gasteiger partial charge is 0.416 e. The first-order chi connectivity index (χ1) is 12.3. The maximum absolute atomic E-state index is 12.5. The highest BCUT2D eigenvalue weighted by molar-refractivity contribution is 5.96. The summed E-state index contributed by atoms with van der Waals surface area (Å²) in [4.78, 5) is 23.8. The van der Waals surface area contributed by atoms with Gasteiger partial charge in [0.2, 0.25) is 12.7 Å². The highest BCUT2D eigenvalue weighted by Crippen LogP contribution is 2.32. The van der Waals surface area contributed by atoms with Crippen molar-refractivity contribution < 1.29 is 32.2 Å². The van der Waals surface area contributed by atoms with Gasteiger partial charge >= 0.3 is 6.18 Å². The summed E-state index contributed by atoms with van der Waals surface area (Å²) >= 11 is 0. The standard InChI is InChI=1S/C17H13F3N2O4/c18-17(19,20)12-4-1-10(2-5-12)7-15(23)21-22-16(24)11-3-6-13-14(8-11)26-9-25-13/h1-6,8H,7,9H2,(H,21,23)(H,22,24). The monoisotopic (exact) mass is 366 g/mol. The van der Waals surface area contributed by atoms with Crippen LogP contribution in [0.25, 0.3) is 0 Å². The SMILES string of the molecule is O=C(Cc1ccc(C(F)(F)F)cc1)NNC(=O)c1ccc2c(c1)OCO2. The summed E-state index contributed by atoms with van der Waals surface area (Å²) in [5.74, 6) is -0.190. The molecule has 1 aliphatic heterocycles. The summed E-state index contributed by atoms with van der Waals surface area (Å²) in [5.41, 5.74) is 4.28. The molecule has 0 unspecified atom stereocenters. The average molecular weight is 366 g/mol. The van der Waals surface area contributed by atoms with E-state index in [4.69, 9.17) is 9.47 Å². The summed E-state index contributed by atoms with van der Waals surface area (Å²) in [6, 6.07) is 8.76. The Morgan fingerprint density at radius 2 is 1.65 bits per heavy atom. The van der Waals surface area contributed by atoms with E-state index < -0.39 is 23.6 Å². The third-order valence-electron chi connectivity index (χ3n) is 3.60. The molecule has 2 amide bonds. The molecule has 0 aliphatic carbocycles. The van der Waals surface area contributed by atoms with Crippen LogP contribution in [0.3, 0.4) is 0 Å². The van der Waals surface area contributed by atoms with Crippen LogP contribution in [0.5, 0.6) is 11.5 Å². The van der Waals surface area contributed by atoms with Gasteiger partial charge in [-0.3, -0.25) is 20.4 Å². The Kier molecular flexibility index (Phi) is 4.70. The molecule has 2 aromatic rings. The summed E-state index contributed by atoms with van der Waals surface area (Å²) in [6.07, 6.45) is -4.61. The van der Waals surface area contributed by atoms with Crippen molar-refractivity contribution in [1.82, 2.24) is 10.9 Å². The van der Waals surface area contributed by atoms with Gasteiger partial charge in [0.25, 0.3) is 5.91 Å². The molecule has 0 saturated heterocycles. The van der Waals surface area contributed by atoms with Gasteiger partial charge in [0.1, 0.15) is 0 Å². The highest BCUT2D eigenvalue weighted by Gasteiger charge is 2.30. The van der Waals surface area contributed by atoms with Gasteiger partial charge in [-0.05, 0) is 35.9 Å². The number of carbonyl (C=O) groups is 2. The van der Waals surface area contributed by atoms with E-state index >= 15 is 0 Å². The van der Waals surface area contributed by atoms with E-state index in [0.29, 0.717) is 17.1 Å². The minimum absolute atomic E-state index is 0.0737. The Morgan fingerprint density at radius 3 is 2.35 bits per heavy atom. The molecule has 0 bridgehead atoms. The van der Waals surface area contributed by atoms with Crippen LogP contribution in [-0.2, 0) is 17.4 Å². The van der Waals surface area contributed by atoms with Crippen molar-refractivity contribution in [2.45, 2.75) is 12.6 Å². The molecule has 9 heteroatoms. The van der Waals surface area contributed by atoms with E-state index in [1.807, 2.05) is 0 Å². The Morgan fingerprint density at radius 1 is 0.962 bits per heavy atom. The third kappa shape index (κ3) is 4.05. The second-order valence-corrected chi connectivity index (χ2v) is 5.44. The van der Waals surface area contributed by atoms with Gasteiger partial charge in [-0.25, -0.2) is 0 Å². The largest absolute Gasteiger partial charge is 0.454 e. The molecule has 0 saturated carbocycles. The lowest BCUT2D eigenvalue weighted by atomic mass is 10.1. The number of ether oxygens (including phenoxy) is 2. The van der Waals surface area contributed by atoms with Crippen LogP contribution >= 0.6 is 0 Å². The van der Waals surface area contributed by atoms with Crippen LogP contribution in [0.4, 0.5) is 13.2 Å². The first-order valence-electron chi connectivity index (χ1n) is 7.48. The molecule has 0 fully saturated rings. The van der Waals surface area contributed by atoms with E-state index in [2.05, 4.69) is 10.9 Å². The van der Waals surface area contributed by atoms with E-state index in [-0.39, 0.29) is 18.8 Å². The molecule has 0 aromatic heterocycles. The Bertz CT molecular complexity index is 835. The molecule has 1 heterocycles. The van der Waals surface area contributed by atoms with Crippen molar-refractivity contribution in [1.29, 1.82) is 0 Å².